The average molecular weight is 256 g/mol. The van der Waals surface area contributed by atoms with Crippen LogP contribution < -0.4 is 5.32 Å². The third-order valence-corrected chi connectivity index (χ3v) is 3.35. The fourth-order valence-corrected chi connectivity index (χ4v) is 2.30. The highest BCUT2D eigenvalue weighted by atomic mass is 16.1. The van der Waals surface area contributed by atoms with Crippen LogP contribution in [0, 0.1) is 0 Å². The topological polar surface area (TPSA) is 59.8 Å². The molecule has 0 unspecified atom stereocenters. The molecule has 0 aromatic carbocycles. The van der Waals surface area contributed by atoms with Crippen LogP contribution >= 0.6 is 0 Å². The van der Waals surface area contributed by atoms with Crippen LogP contribution in [0.25, 0.3) is 0 Å². The van der Waals surface area contributed by atoms with Gasteiger partial charge in [0.2, 0.25) is 0 Å². The molecule has 1 aliphatic rings. The van der Waals surface area contributed by atoms with E-state index in [0.29, 0.717) is 12.2 Å². The molecule has 5 heteroatoms. The van der Waals surface area contributed by atoms with Crippen molar-refractivity contribution >= 4 is 5.91 Å². The quantitative estimate of drug-likeness (QED) is 0.906. The van der Waals surface area contributed by atoms with Crippen LogP contribution in [-0.2, 0) is 19.5 Å². The molecule has 0 spiro atoms. The third kappa shape index (κ3) is 2.65. The van der Waals surface area contributed by atoms with E-state index in [4.69, 9.17) is 0 Å². The van der Waals surface area contributed by atoms with Gasteiger partial charge in [0.25, 0.3) is 5.91 Å². The molecule has 1 amide bonds. The zero-order chi connectivity index (χ0) is 13.1. The number of rotatable bonds is 3. The van der Waals surface area contributed by atoms with Crippen molar-refractivity contribution in [3.63, 3.8) is 0 Å². The van der Waals surface area contributed by atoms with Crippen molar-refractivity contribution in [2.45, 2.75) is 32.4 Å². The molecule has 0 bridgehead atoms. The van der Waals surface area contributed by atoms with Crippen molar-refractivity contribution in [3.05, 3.63) is 47.5 Å². The number of nitrogens with one attached hydrogen (secondary N) is 1. The second-order valence-electron chi connectivity index (χ2n) is 4.74. The monoisotopic (exact) mass is 256 g/mol. The predicted octanol–water partition coefficient (Wildman–Crippen LogP) is 1.54. The molecule has 2 aromatic rings. The molecule has 1 aliphatic heterocycles. The summed E-state index contributed by atoms with van der Waals surface area (Å²) in [6, 6.07) is 5.68. The molecule has 0 atom stereocenters. The number of aryl methyl sites for hydroxylation is 2. The summed E-state index contributed by atoms with van der Waals surface area (Å²) in [5.74, 6) is -0.112. The van der Waals surface area contributed by atoms with Gasteiger partial charge >= 0.3 is 0 Å². The second-order valence-corrected chi connectivity index (χ2v) is 4.74. The van der Waals surface area contributed by atoms with Crippen LogP contribution in [0.5, 0.6) is 0 Å². The van der Waals surface area contributed by atoms with E-state index in [-0.39, 0.29) is 5.91 Å². The van der Waals surface area contributed by atoms with Gasteiger partial charge in [-0.25, -0.2) is 0 Å². The maximum Gasteiger partial charge on any atom is 0.272 e. The lowest BCUT2D eigenvalue weighted by atomic mass is 10.1. The minimum Gasteiger partial charge on any atom is -0.347 e. The van der Waals surface area contributed by atoms with E-state index in [2.05, 4.69) is 15.4 Å². The number of carbonyl (C=O) groups is 1. The van der Waals surface area contributed by atoms with Gasteiger partial charge in [0, 0.05) is 31.2 Å². The van der Waals surface area contributed by atoms with Gasteiger partial charge in [0.05, 0.1) is 0 Å². The Morgan fingerprint density at radius 3 is 2.95 bits per heavy atom. The summed E-state index contributed by atoms with van der Waals surface area (Å²) in [6.45, 7) is 1.43. The molecular formula is C14H16N4O. The van der Waals surface area contributed by atoms with Gasteiger partial charge in [0.15, 0.2) is 0 Å². The molecule has 2 aromatic heterocycles. The van der Waals surface area contributed by atoms with Crippen molar-refractivity contribution in [3.8, 4) is 0 Å². The van der Waals surface area contributed by atoms with E-state index in [0.717, 1.165) is 24.9 Å². The zero-order valence-electron chi connectivity index (χ0n) is 10.7. The highest BCUT2D eigenvalue weighted by molar-refractivity contribution is 5.92. The lowest BCUT2D eigenvalue weighted by Gasteiger charge is -2.11. The maximum absolute atomic E-state index is 12.0. The van der Waals surface area contributed by atoms with Crippen LogP contribution in [0.2, 0.25) is 0 Å². The molecule has 0 radical (unpaired) electrons. The van der Waals surface area contributed by atoms with E-state index in [1.54, 1.807) is 12.4 Å². The molecule has 0 saturated heterocycles. The lowest BCUT2D eigenvalue weighted by Crippen LogP contribution is -2.23. The van der Waals surface area contributed by atoms with Crippen molar-refractivity contribution in [2.75, 3.05) is 0 Å². The van der Waals surface area contributed by atoms with Gasteiger partial charge in [-0.05, 0) is 43.0 Å². The van der Waals surface area contributed by atoms with E-state index in [1.165, 1.54) is 12.1 Å². The molecule has 0 saturated carbocycles. The Morgan fingerprint density at radius 2 is 2.16 bits per heavy atom. The van der Waals surface area contributed by atoms with Gasteiger partial charge in [-0.3, -0.25) is 14.5 Å². The first-order valence-corrected chi connectivity index (χ1v) is 6.57. The summed E-state index contributed by atoms with van der Waals surface area (Å²) in [6.07, 6.45) is 6.79. The van der Waals surface area contributed by atoms with E-state index < -0.39 is 0 Å². The molecule has 0 fully saturated rings. The Balaban J connectivity index is 1.65. The zero-order valence-corrected chi connectivity index (χ0v) is 10.7. The molecule has 0 aliphatic carbocycles. The molecule has 1 N–H and O–H groups in total. The first-order valence-electron chi connectivity index (χ1n) is 6.57. The van der Waals surface area contributed by atoms with Gasteiger partial charge in [0.1, 0.15) is 5.69 Å². The fourth-order valence-electron chi connectivity index (χ4n) is 2.30. The first-order chi connectivity index (χ1) is 9.33. The van der Waals surface area contributed by atoms with Crippen LogP contribution in [0.15, 0.2) is 30.6 Å². The summed E-state index contributed by atoms with van der Waals surface area (Å²) in [7, 11) is 0. The van der Waals surface area contributed by atoms with Crippen molar-refractivity contribution in [2.24, 2.45) is 0 Å². The normalized spacial score (nSPS) is 13.9. The van der Waals surface area contributed by atoms with E-state index in [9.17, 15) is 4.79 Å². The molecular weight excluding hydrogens is 240 g/mol. The van der Waals surface area contributed by atoms with Crippen LogP contribution in [0.1, 0.15) is 34.6 Å². The lowest BCUT2D eigenvalue weighted by molar-refractivity contribution is 0.0945. The molecule has 98 valence electrons. The Bertz CT molecular complexity index is 553. The number of hydrogen-bond acceptors (Lipinski definition) is 3. The minimum atomic E-state index is -0.112. The second kappa shape index (κ2) is 5.22. The number of pyridine rings is 1. The summed E-state index contributed by atoms with van der Waals surface area (Å²) >= 11 is 0. The van der Waals surface area contributed by atoms with E-state index in [1.807, 2.05) is 22.9 Å². The Labute approximate surface area is 111 Å². The fraction of sp³-hybridized carbons (Fsp3) is 0.357. The van der Waals surface area contributed by atoms with Crippen LogP contribution in [-0.4, -0.2) is 20.7 Å². The van der Waals surface area contributed by atoms with Crippen LogP contribution in [0.3, 0.4) is 0 Å². The Hall–Kier alpha value is -2.17. The van der Waals surface area contributed by atoms with Crippen molar-refractivity contribution in [1.29, 1.82) is 0 Å². The summed E-state index contributed by atoms with van der Waals surface area (Å²) in [5.41, 5.74) is 2.72. The number of hydrogen-bond donors (Lipinski definition) is 1. The average Bonchev–Trinajstić information content (AvgIpc) is 2.90. The minimum absolute atomic E-state index is 0.112. The smallest absolute Gasteiger partial charge is 0.272 e. The summed E-state index contributed by atoms with van der Waals surface area (Å²) in [4.78, 5) is 16.0. The third-order valence-electron chi connectivity index (χ3n) is 3.35. The van der Waals surface area contributed by atoms with Crippen LogP contribution in [0.4, 0.5) is 0 Å². The van der Waals surface area contributed by atoms with Crippen molar-refractivity contribution < 1.29 is 4.79 Å². The molecule has 5 nitrogen and oxygen atoms in total. The molecule has 19 heavy (non-hydrogen) atoms. The summed E-state index contributed by atoms with van der Waals surface area (Å²) in [5, 5.41) is 7.24. The number of carbonyl (C=O) groups excluding carboxylic acids is 1. The highest BCUT2D eigenvalue weighted by Crippen LogP contribution is 2.15. The van der Waals surface area contributed by atoms with Crippen molar-refractivity contribution in [1.82, 2.24) is 20.1 Å². The van der Waals surface area contributed by atoms with Gasteiger partial charge in [-0.1, -0.05) is 0 Å². The number of amides is 1. The van der Waals surface area contributed by atoms with Gasteiger partial charge in [-0.2, -0.15) is 5.10 Å². The highest BCUT2D eigenvalue weighted by Gasteiger charge is 2.16. The first kappa shape index (κ1) is 11.9. The maximum atomic E-state index is 12.0. The number of fused-ring (bicyclic) bond motifs is 1. The summed E-state index contributed by atoms with van der Waals surface area (Å²) < 4.78 is 1.95. The largest absolute Gasteiger partial charge is 0.347 e. The Kier molecular flexibility index (Phi) is 3.27. The number of aromatic nitrogens is 3. The predicted molar refractivity (Wildman–Crippen MR) is 70.6 cm³/mol. The molecule has 3 rings (SSSR count). The van der Waals surface area contributed by atoms with Gasteiger partial charge < -0.3 is 5.32 Å². The van der Waals surface area contributed by atoms with Gasteiger partial charge in [-0.15, -0.1) is 0 Å². The number of nitrogens with zero attached hydrogens (tertiary/aromatic N) is 3. The SMILES string of the molecule is O=C(NCc1ccncc1)c1cc2n(n1)CCCC2. The van der Waals surface area contributed by atoms with E-state index >= 15 is 0 Å². The molecule has 3 heterocycles. The Morgan fingerprint density at radius 1 is 1.32 bits per heavy atom. The standard InChI is InChI=1S/C14H16N4O/c19-14(16-10-11-4-6-15-7-5-11)13-9-12-3-1-2-8-18(12)17-13/h4-7,9H,1-3,8,10H2,(H,16,19).